The van der Waals surface area contributed by atoms with Gasteiger partial charge in [-0.3, -0.25) is 14.5 Å². The first-order valence-electron chi connectivity index (χ1n) is 11.6. The Labute approximate surface area is 210 Å². The average molecular weight is 519 g/mol. The molecular weight excluding hydrogens is 487 g/mol. The maximum absolute atomic E-state index is 13.8. The predicted molar refractivity (Wildman–Crippen MR) is 137 cm³/mol. The number of nitrogen functional groups attached to an aromatic ring is 1. The highest BCUT2D eigenvalue weighted by molar-refractivity contribution is 7.93. The molecule has 0 atom stereocenters. The molecule has 194 valence electrons. The van der Waals surface area contributed by atoms with Crippen LogP contribution in [0, 0.1) is 11.2 Å². The monoisotopic (exact) mass is 518 g/mol. The van der Waals surface area contributed by atoms with E-state index in [1.807, 2.05) is 0 Å². The van der Waals surface area contributed by atoms with Gasteiger partial charge in [-0.05, 0) is 74.8 Å². The van der Waals surface area contributed by atoms with Crippen LogP contribution in [0.15, 0.2) is 48.5 Å². The molecule has 3 rings (SSSR count). The van der Waals surface area contributed by atoms with Gasteiger partial charge in [-0.2, -0.15) is 0 Å². The topological polar surface area (TPSA) is 135 Å². The second-order valence-corrected chi connectivity index (χ2v) is 10.1. The first-order chi connectivity index (χ1) is 17.2. The number of esters is 1. The fraction of sp³-hybridized carbons (Fsp3) is 0.360. The number of sulfonamides is 1. The predicted octanol–water partition coefficient (Wildman–Crippen LogP) is 2.65. The Hall–Kier alpha value is -3.44. The van der Waals surface area contributed by atoms with Crippen LogP contribution < -0.4 is 20.1 Å². The van der Waals surface area contributed by atoms with Gasteiger partial charge in [-0.1, -0.05) is 18.2 Å². The molecule has 1 aliphatic rings. The van der Waals surface area contributed by atoms with Gasteiger partial charge in [-0.15, -0.1) is 0 Å². The number of nitrogens with zero attached hydrogens (tertiary/aromatic N) is 1. The smallest absolute Gasteiger partial charge is 0.323 e. The van der Waals surface area contributed by atoms with E-state index in [-0.39, 0.29) is 24.8 Å². The minimum atomic E-state index is -4.08. The van der Waals surface area contributed by atoms with Crippen molar-refractivity contribution in [1.82, 2.24) is 5.32 Å². The number of carbonyl (C=O) groups is 1. The van der Waals surface area contributed by atoms with Gasteiger partial charge in [0.2, 0.25) is 10.0 Å². The van der Waals surface area contributed by atoms with Crippen LogP contribution in [0.4, 0.5) is 10.1 Å². The van der Waals surface area contributed by atoms with Crippen LogP contribution in [0.25, 0.3) is 6.08 Å². The molecule has 0 radical (unpaired) electrons. The van der Waals surface area contributed by atoms with Gasteiger partial charge in [0.15, 0.2) is 5.75 Å². The summed E-state index contributed by atoms with van der Waals surface area (Å²) in [5, 5.41) is 10.8. The van der Waals surface area contributed by atoms with E-state index in [4.69, 9.17) is 20.6 Å². The molecule has 0 amide bonds. The fourth-order valence-electron chi connectivity index (χ4n) is 3.74. The van der Waals surface area contributed by atoms with Crippen LogP contribution in [0.3, 0.4) is 0 Å². The zero-order valence-corrected chi connectivity index (χ0v) is 20.9. The van der Waals surface area contributed by atoms with Crippen LogP contribution in [-0.2, 0) is 19.6 Å². The van der Waals surface area contributed by atoms with Gasteiger partial charge >= 0.3 is 5.97 Å². The summed E-state index contributed by atoms with van der Waals surface area (Å²) in [5.41, 5.74) is 6.25. The third-order valence-electron chi connectivity index (χ3n) is 5.52. The summed E-state index contributed by atoms with van der Waals surface area (Å²) >= 11 is 0. The SMILES string of the molecule is CCOC(=O)CS(=O)(=O)N(C/C=C/c1ccc(F)c(C(=N)N)c1)c1ccc(OC2CCNCC2)cc1. The van der Waals surface area contributed by atoms with Gasteiger partial charge in [-0.25, -0.2) is 12.8 Å². The highest BCUT2D eigenvalue weighted by atomic mass is 32.2. The number of hydrogen-bond donors (Lipinski definition) is 3. The molecule has 0 saturated carbocycles. The second kappa shape index (κ2) is 12.5. The van der Waals surface area contributed by atoms with Gasteiger partial charge < -0.3 is 20.5 Å². The Morgan fingerprint density at radius 3 is 2.56 bits per heavy atom. The number of hydrogen-bond acceptors (Lipinski definition) is 7. The van der Waals surface area contributed by atoms with E-state index in [0.29, 0.717) is 17.0 Å². The zero-order valence-electron chi connectivity index (χ0n) is 20.1. The third kappa shape index (κ3) is 7.53. The van der Waals surface area contributed by atoms with Crippen molar-refractivity contribution in [1.29, 1.82) is 5.41 Å². The number of halogens is 1. The van der Waals surface area contributed by atoms with E-state index >= 15 is 0 Å². The van der Waals surface area contributed by atoms with Gasteiger partial charge in [0.05, 0.1) is 24.4 Å². The van der Waals surface area contributed by atoms with Crippen LogP contribution in [0.5, 0.6) is 5.75 Å². The molecule has 4 N–H and O–H groups in total. The van der Waals surface area contributed by atoms with E-state index in [9.17, 15) is 17.6 Å². The minimum absolute atomic E-state index is 0.0479. The fourth-order valence-corrected chi connectivity index (χ4v) is 5.04. The van der Waals surface area contributed by atoms with Gasteiger partial charge in [0.1, 0.15) is 23.5 Å². The lowest BCUT2D eigenvalue weighted by molar-refractivity contribution is -0.139. The number of nitrogens with one attached hydrogen (secondary N) is 2. The molecule has 9 nitrogen and oxygen atoms in total. The summed E-state index contributed by atoms with van der Waals surface area (Å²) in [4.78, 5) is 12.0. The van der Waals surface area contributed by atoms with Crippen molar-refractivity contribution in [2.24, 2.45) is 5.73 Å². The molecule has 1 aliphatic heterocycles. The molecule has 0 aromatic heterocycles. The largest absolute Gasteiger partial charge is 0.490 e. The van der Waals surface area contributed by atoms with E-state index in [2.05, 4.69) is 5.32 Å². The summed E-state index contributed by atoms with van der Waals surface area (Å²) in [6, 6.07) is 10.7. The Balaban J connectivity index is 1.81. The standard InChI is InChI=1S/C25H31FN4O5S/c1-2-34-24(31)17-36(32,33)30(15-3-4-18-5-10-23(26)22(16-18)25(27)28)19-6-8-20(9-7-19)35-21-11-13-29-14-12-21/h3-10,16,21,29H,2,11-15,17H2,1H3,(H3,27,28)/b4-3+. The molecule has 0 spiro atoms. The lowest BCUT2D eigenvalue weighted by Crippen LogP contribution is -2.36. The maximum Gasteiger partial charge on any atom is 0.323 e. The molecular formula is C25H31FN4O5S. The molecule has 1 heterocycles. The molecule has 0 unspecified atom stereocenters. The van der Waals surface area contributed by atoms with Gasteiger partial charge in [0, 0.05) is 0 Å². The molecule has 2 aromatic carbocycles. The van der Waals surface area contributed by atoms with Crippen molar-refractivity contribution in [3.05, 3.63) is 65.5 Å². The summed E-state index contributed by atoms with van der Waals surface area (Å²) < 4.78 is 52.0. The Morgan fingerprint density at radius 1 is 1.22 bits per heavy atom. The molecule has 0 bridgehead atoms. The van der Waals surface area contributed by atoms with E-state index in [0.717, 1.165) is 30.2 Å². The molecule has 36 heavy (non-hydrogen) atoms. The summed E-state index contributed by atoms with van der Waals surface area (Å²) in [6.07, 6.45) is 5.04. The van der Waals surface area contributed by atoms with E-state index < -0.39 is 33.4 Å². The average Bonchev–Trinajstić information content (AvgIpc) is 2.83. The van der Waals surface area contributed by atoms with Gasteiger partial charge in [0.25, 0.3) is 0 Å². The highest BCUT2D eigenvalue weighted by Crippen LogP contribution is 2.24. The number of rotatable bonds is 11. The quantitative estimate of drug-likeness (QED) is 0.236. The van der Waals surface area contributed by atoms with Crippen LogP contribution >= 0.6 is 0 Å². The third-order valence-corrected chi connectivity index (χ3v) is 7.15. The number of amidine groups is 1. The van der Waals surface area contributed by atoms with E-state index in [1.54, 1.807) is 43.3 Å². The van der Waals surface area contributed by atoms with Crippen molar-refractivity contribution in [2.75, 3.05) is 36.3 Å². The molecule has 2 aromatic rings. The van der Waals surface area contributed by atoms with Crippen molar-refractivity contribution in [3.63, 3.8) is 0 Å². The zero-order chi connectivity index (χ0) is 26.1. The number of benzene rings is 2. The van der Waals surface area contributed by atoms with Crippen LogP contribution in [-0.4, -0.2) is 58.3 Å². The maximum atomic E-state index is 13.8. The molecule has 1 fully saturated rings. The molecule has 11 heteroatoms. The van der Waals surface area contributed by atoms with Crippen molar-refractivity contribution >= 4 is 33.6 Å². The number of nitrogens with two attached hydrogens (primary N) is 1. The van der Waals surface area contributed by atoms with E-state index in [1.165, 1.54) is 18.2 Å². The lowest BCUT2D eigenvalue weighted by Gasteiger charge is -2.25. The normalized spacial score (nSPS) is 14.5. The van der Waals surface area contributed by atoms with Crippen molar-refractivity contribution < 1.29 is 27.1 Å². The molecule has 0 aliphatic carbocycles. The number of carbonyl (C=O) groups excluding carboxylic acids is 1. The molecule has 1 saturated heterocycles. The summed E-state index contributed by atoms with van der Waals surface area (Å²) in [5.74, 6) is -2.06. The Bertz CT molecular complexity index is 1200. The van der Waals surface area contributed by atoms with Crippen molar-refractivity contribution in [2.45, 2.75) is 25.9 Å². The number of anilines is 1. The number of piperidine rings is 1. The highest BCUT2D eigenvalue weighted by Gasteiger charge is 2.26. The second-order valence-electron chi connectivity index (χ2n) is 8.21. The lowest BCUT2D eigenvalue weighted by atomic mass is 10.1. The van der Waals surface area contributed by atoms with Crippen LogP contribution in [0.1, 0.15) is 30.9 Å². The summed E-state index contributed by atoms with van der Waals surface area (Å²) in [7, 11) is -4.08. The summed E-state index contributed by atoms with van der Waals surface area (Å²) in [6.45, 7) is 3.35. The Kier molecular flexibility index (Phi) is 9.43. The first kappa shape index (κ1) is 27.2. The van der Waals surface area contributed by atoms with Crippen LogP contribution in [0.2, 0.25) is 0 Å². The van der Waals surface area contributed by atoms with Crippen molar-refractivity contribution in [3.8, 4) is 5.75 Å². The number of ether oxygens (including phenoxy) is 2. The Morgan fingerprint density at radius 2 is 1.92 bits per heavy atom. The minimum Gasteiger partial charge on any atom is -0.490 e. The first-order valence-corrected chi connectivity index (χ1v) is 13.2.